The Kier molecular flexibility index (Phi) is 5.21. The van der Waals surface area contributed by atoms with Gasteiger partial charge in [0.1, 0.15) is 5.82 Å². The molecule has 0 unspecified atom stereocenters. The van der Waals surface area contributed by atoms with Crippen LogP contribution in [0.3, 0.4) is 0 Å². The zero-order chi connectivity index (χ0) is 22.1. The van der Waals surface area contributed by atoms with Crippen LogP contribution in [0, 0.1) is 6.92 Å². The summed E-state index contributed by atoms with van der Waals surface area (Å²) < 4.78 is 2.08. The third kappa shape index (κ3) is 3.66. The van der Waals surface area contributed by atoms with Gasteiger partial charge in [-0.2, -0.15) is 0 Å². The highest BCUT2D eigenvalue weighted by atomic mass is 35.5. The number of imidazole rings is 1. The molecule has 0 atom stereocenters. The van der Waals surface area contributed by atoms with Crippen molar-refractivity contribution in [2.45, 2.75) is 6.92 Å². The van der Waals surface area contributed by atoms with Gasteiger partial charge in [0.05, 0.1) is 27.3 Å². The fraction of sp³-hybridized carbons (Fsp3) is 0.0370. The molecule has 0 aliphatic carbocycles. The summed E-state index contributed by atoms with van der Waals surface area (Å²) in [6, 6.07) is 31.1. The van der Waals surface area contributed by atoms with E-state index in [1.165, 1.54) is 0 Å². The van der Waals surface area contributed by atoms with Crippen molar-refractivity contribution in [3.63, 3.8) is 0 Å². The van der Waals surface area contributed by atoms with Gasteiger partial charge in [0.25, 0.3) is 5.91 Å². The second-order valence-corrected chi connectivity index (χ2v) is 7.99. The van der Waals surface area contributed by atoms with E-state index in [-0.39, 0.29) is 5.91 Å². The fourth-order valence-electron chi connectivity index (χ4n) is 3.83. The monoisotopic (exact) mass is 437 g/mol. The molecule has 4 nitrogen and oxygen atoms in total. The van der Waals surface area contributed by atoms with Crippen LogP contribution in [0.4, 0.5) is 5.69 Å². The molecule has 5 heteroatoms. The van der Waals surface area contributed by atoms with Gasteiger partial charge in [0, 0.05) is 11.3 Å². The molecule has 0 spiro atoms. The van der Waals surface area contributed by atoms with Crippen LogP contribution in [0.1, 0.15) is 15.9 Å². The Morgan fingerprint density at radius 1 is 0.875 bits per heavy atom. The lowest BCUT2D eigenvalue weighted by molar-refractivity contribution is 0.102. The summed E-state index contributed by atoms with van der Waals surface area (Å²) >= 11 is 6.35. The second-order valence-electron chi connectivity index (χ2n) is 7.58. The molecule has 5 rings (SSSR count). The van der Waals surface area contributed by atoms with E-state index in [0.29, 0.717) is 22.1 Å². The van der Waals surface area contributed by atoms with Crippen molar-refractivity contribution < 1.29 is 4.79 Å². The molecule has 156 valence electrons. The molecular weight excluding hydrogens is 418 g/mol. The number of anilines is 1. The Bertz CT molecular complexity index is 1440. The highest BCUT2D eigenvalue weighted by Crippen LogP contribution is 2.31. The van der Waals surface area contributed by atoms with E-state index in [0.717, 1.165) is 27.8 Å². The number of carbonyl (C=O) groups excluding carboxylic acids is 1. The van der Waals surface area contributed by atoms with E-state index in [4.69, 9.17) is 16.6 Å². The molecule has 1 aromatic heterocycles. The summed E-state index contributed by atoms with van der Waals surface area (Å²) in [5.41, 5.74) is 5.70. The third-order valence-electron chi connectivity index (χ3n) is 5.36. The Hall–Kier alpha value is -3.89. The zero-order valence-corrected chi connectivity index (χ0v) is 18.2. The van der Waals surface area contributed by atoms with Gasteiger partial charge in [-0.15, -0.1) is 0 Å². The molecule has 0 radical (unpaired) electrons. The molecule has 0 aliphatic heterocycles. The number of halogens is 1. The second kappa shape index (κ2) is 8.33. The molecule has 0 fully saturated rings. The van der Waals surface area contributed by atoms with Crippen molar-refractivity contribution in [1.82, 2.24) is 9.55 Å². The average molecular weight is 438 g/mol. The van der Waals surface area contributed by atoms with Gasteiger partial charge in [-0.1, -0.05) is 66.2 Å². The number of aryl methyl sites for hydroxylation is 1. The van der Waals surface area contributed by atoms with E-state index < -0.39 is 0 Å². The maximum Gasteiger partial charge on any atom is 0.256 e. The number of amides is 1. The molecule has 0 bridgehead atoms. The zero-order valence-electron chi connectivity index (χ0n) is 17.4. The minimum atomic E-state index is -0.238. The first-order valence-corrected chi connectivity index (χ1v) is 10.7. The van der Waals surface area contributed by atoms with Gasteiger partial charge < -0.3 is 5.32 Å². The van der Waals surface area contributed by atoms with Crippen LogP contribution >= 0.6 is 11.6 Å². The van der Waals surface area contributed by atoms with Crippen molar-refractivity contribution in [2.24, 2.45) is 0 Å². The molecule has 4 aromatic carbocycles. The minimum Gasteiger partial charge on any atom is -0.321 e. The standard InChI is InChI=1S/C27H20ClN3O/c1-18-15-16-23(22(28)17-18)30-27(32)21-12-6-5-11-20(21)26-29-24-13-7-8-14-25(24)31(26)19-9-3-2-4-10-19/h2-17H,1H3,(H,30,32). The van der Waals surface area contributed by atoms with Crippen LogP contribution < -0.4 is 5.32 Å². The number of aromatic nitrogens is 2. The summed E-state index contributed by atoms with van der Waals surface area (Å²) in [5, 5.41) is 3.46. The van der Waals surface area contributed by atoms with Crippen molar-refractivity contribution >= 4 is 34.2 Å². The molecule has 1 heterocycles. The first kappa shape index (κ1) is 20.0. The number of nitrogens with zero attached hydrogens (tertiary/aromatic N) is 2. The predicted octanol–water partition coefficient (Wildman–Crippen LogP) is 6.91. The normalized spacial score (nSPS) is 10.9. The highest BCUT2D eigenvalue weighted by molar-refractivity contribution is 6.34. The third-order valence-corrected chi connectivity index (χ3v) is 5.67. The van der Waals surface area contributed by atoms with Crippen LogP contribution in [0.15, 0.2) is 97.1 Å². The van der Waals surface area contributed by atoms with Crippen LogP contribution in [0.5, 0.6) is 0 Å². The first-order valence-electron chi connectivity index (χ1n) is 10.3. The lowest BCUT2D eigenvalue weighted by atomic mass is 10.1. The SMILES string of the molecule is Cc1ccc(NC(=O)c2ccccc2-c2nc3ccccc3n2-c2ccccc2)c(Cl)c1. The number of hydrogen-bond donors (Lipinski definition) is 1. The van der Waals surface area contributed by atoms with Crippen LogP contribution in [-0.2, 0) is 0 Å². The predicted molar refractivity (Wildman–Crippen MR) is 131 cm³/mol. The first-order chi connectivity index (χ1) is 15.6. The lowest BCUT2D eigenvalue weighted by Gasteiger charge is -2.14. The topological polar surface area (TPSA) is 46.9 Å². The molecule has 1 amide bonds. The van der Waals surface area contributed by atoms with Crippen molar-refractivity contribution in [3.05, 3.63) is 113 Å². The molecule has 0 saturated carbocycles. The van der Waals surface area contributed by atoms with Gasteiger partial charge in [-0.25, -0.2) is 4.98 Å². The maximum atomic E-state index is 13.3. The highest BCUT2D eigenvalue weighted by Gasteiger charge is 2.20. The van der Waals surface area contributed by atoms with E-state index in [1.807, 2.05) is 97.9 Å². The van der Waals surface area contributed by atoms with E-state index in [9.17, 15) is 4.79 Å². The molecule has 0 saturated heterocycles. The van der Waals surface area contributed by atoms with Crippen LogP contribution in [0.25, 0.3) is 28.1 Å². The number of rotatable bonds is 4. The quantitative estimate of drug-likeness (QED) is 0.332. The summed E-state index contributed by atoms with van der Waals surface area (Å²) in [5.74, 6) is 0.469. The molecule has 5 aromatic rings. The lowest BCUT2D eigenvalue weighted by Crippen LogP contribution is -2.14. The number of nitrogens with one attached hydrogen (secondary N) is 1. The number of fused-ring (bicyclic) bond motifs is 1. The smallest absolute Gasteiger partial charge is 0.256 e. The number of para-hydroxylation sites is 3. The Morgan fingerprint density at radius 2 is 1.59 bits per heavy atom. The number of hydrogen-bond acceptors (Lipinski definition) is 2. The minimum absolute atomic E-state index is 0.238. The van der Waals surface area contributed by atoms with Crippen molar-refractivity contribution in [1.29, 1.82) is 0 Å². The van der Waals surface area contributed by atoms with Crippen LogP contribution in [-0.4, -0.2) is 15.5 Å². The largest absolute Gasteiger partial charge is 0.321 e. The van der Waals surface area contributed by atoms with Gasteiger partial charge in [0.2, 0.25) is 0 Å². The summed E-state index contributed by atoms with van der Waals surface area (Å²) in [6.45, 7) is 1.96. The van der Waals surface area contributed by atoms with Crippen molar-refractivity contribution in [2.75, 3.05) is 5.32 Å². The van der Waals surface area contributed by atoms with Gasteiger partial charge in [-0.05, 0) is 55.0 Å². The summed E-state index contributed by atoms with van der Waals surface area (Å²) in [4.78, 5) is 18.2. The van der Waals surface area contributed by atoms with Gasteiger partial charge in [0.15, 0.2) is 0 Å². The molecule has 1 N–H and O–H groups in total. The Morgan fingerprint density at radius 3 is 2.41 bits per heavy atom. The van der Waals surface area contributed by atoms with Crippen molar-refractivity contribution in [3.8, 4) is 17.1 Å². The van der Waals surface area contributed by atoms with Gasteiger partial charge >= 0.3 is 0 Å². The average Bonchev–Trinajstić information content (AvgIpc) is 3.21. The Balaban J connectivity index is 1.65. The van der Waals surface area contributed by atoms with E-state index in [1.54, 1.807) is 6.07 Å². The molecule has 32 heavy (non-hydrogen) atoms. The Labute approximate surface area is 191 Å². The number of carbonyl (C=O) groups is 1. The van der Waals surface area contributed by atoms with E-state index in [2.05, 4.69) is 9.88 Å². The molecule has 0 aliphatic rings. The summed E-state index contributed by atoms with van der Waals surface area (Å²) in [7, 11) is 0. The van der Waals surface area contributed by atoms with Crippen LogP contribution in [0.2, 0.25) is 5.02 Å². The fourth-order valence-corrected chi connectivity index (χ4v) is 4.11. The van der Waals surface area contributed by atoms with E-state index >= 15 is 0 Å². The molecular formula is C27H20ClN3O. The number of benzene rings is 4. The summed E-state index contributed by atoms with van der Waals surface area (Å²) in [6.07, 6.45) is 0. The van der Waals surface area contributed by atoms with Gasteiger partial charge in [-0.3, -0.25) is 9.36 Å². The maximum absolute atomic E-state index is 13.3.